The zero-order valence-corrected chi connectivity index (χ0v) is 19.3. The van der Waals surface area contributed by atoms with Gasteiger partial charge in [-0.2, -0.15) is 5.26 Å². The molecule has 1 aromatic heterocycles. The number of aromatic amines is 1. The minimum absolute atomic E-state index is 0.0119. The number of thiazole rings is 1. The standard InChI is InChI=1S/C23H18N4O4S2/c1-30-21(28)18-17(12-6-4-3-5-7-12)14(11-24)20(25)27(19(18)22(29)31-2)13-8-9-15-16(10-13)33-23(32)26-15/h3-10,17H,25H2,1-2H3,(H,26,32). The van der Waals surface area contributed by atoms with Gasteiger partial charge in [0.15, 0.2) is 3.95 Å². The van der Waals surface area contributed by atoms with Gasteiger partial charge in [0.25, 0.3) is 0 Å². The van der Waals surface area contributed by atoms with Crippen LogP contribution in [0.5, 0.6) is 0 Å². The maximum absolute atomic E-state index is 13.1. The van der Waals surface area contributed by atoms with Crippen molar-refractivity contribution >= 4 is 51.4 Å². The second-order valence-electron chi connectivity index (χ2n) is 7.03. The molecule has 33 heavy (non-hydrogen) atoms. The first-order valence-electron chi connectivity index (χ1n) is 9.69. The topological polar surface area (TPSA) is 121 Å². The molecule has 3 aromatic rings. The minimum Gasteiger partial charge on any atom is -0.466 e. The van der Waals surface area contributed by atoms with Crippen molar-refractivity contribution < 1.29 is 19.1 Å². The molecule has 3 N–H and O–H groups in total. The van der Waals surface area contributed by atoms with Gasteiger partial charge in [-0.05, 0) is 36.0 Å². The Balaban J connectivity index is 2.07. The number of hydrogen-bond acceptors (Lipinski definition) is 9. The fraction of sp³-hybridized carbons (Fsp3) is 0.130. The van der Waals surface area contributed by atoms with Gasteiger partial charge in [-0.3, -0.25) is 4.90 Å². The van der Waals surface area contributed by atoms with Crippen molar-refractivity contribution in [3.8, 4) is 6.07 Å². The van der Waals surface area contributed by atoms with Crippen LogP contribution >= 0.6 is 23.6 Å². The number of rotatable bonds is 4. The quantitative estimate of drug-likeness (QED) is 0.428. The molecule has 0 fully saturated rings. The van der Waals surface area contributed by atoms with Crippen LogP contribution in [0, 0.1) is 15.3 Å². The zero-order valence-electron chi connectivity index (χ0n) is 17.6. The summed E-state index contributed by atoms with van der Waals surface area (Å²) < 4.78 is 11.5. The molecule has 1 atom stereocenters. The molecule has 8 nitrogen and oxygen atoms in total. The van der Waals surface area contributed by atoms with Crippen LogP contribution in [0.3, 0.4) is 0 Å². The van der Waals surface area contributed by atoms with Crippen molar-refractivity contribution in [2.45, 2.75) is 5.92 Å². The highest BCUT2D eigenvalue weighted by Gasteiger charge is 2.43. The maximum Gasteiger partial charge on any atom is 0.355 e. The van der Waals surface area contributed by atoms with E-state index in [-0.39, 0.29) is 22.7 Å². The number of nitriles is 1. The highest BCUT2D eigenvalue weighted by atomic mass is 32.1. The lowest BCUT2D eigenvalue weighted by Gasteiger charge is -2.35. The zero-order chi connectivity index (χ0) is 23.7. The second-order valence-corrected chi connectivity index (χ2v) is 8.75. The van der Waals surface area contributed by atoms with Crippen LogP contribution in [-0.4, -0.2) is 31.1 Å². The molecule has 0 aliphatic carbocycles. The monoisotopic (exact) mass is 478 g/mol. The average Bonchev–Trinajstić information content (AvgIpc) is 3.21. The first-order valence-corrected chi connectivity index (χ1v) is 10.9. The number of methoxy groups -OCH3 is 2. The van der Waals surface area contributed by atoms with Crippen molar-refractivity contribution in [1.82, 2.24) is 4.98 Å². The summed E-state index contributed by atoms with van der Waals surface area (Å²) in [6.07, 6.45) is 0. The van der Waals surface area contributed by atoms with Gasteiger partial charge in [0.1, 0.15) is 11.5 Å². The molecule has 0 radical (unpaired) electrons. The summed E-state index contributed by atoms with van der Waals surface area (Å²) in [5.41, 5.74) is 8.33. The summed E-state index contributed by atoms with van der Waals surface area (Å²) in [6.45, 7) is 0. The van der Waals surface area contributed by atoms with Gasteiger partial charge in [-0.1, -0.05) is 30.3 Å². The normalized spacial score (nSPS) is 16.0. The molecule has 0 amide bonds. The molecular formula is C23H18N4O4S2. The number of H-pyrrole nitrogens is 1. The number of nitrogens with one attached hydrogen (secondary N) is 1. The molecule has 1 aliphatic rings. The van der Waals surface area contributed by atoms with Crippen molar-refractivity contribution in [3.05, 3.63) is 80.7 Å². The van der Waals surface area contributed by atoms with Crippen LogP contribution in [0.25, 0.3) is 10.2 Å². The van der Waals surface area contributed by atoms with Crippen LogP contribution in [-0.2, 0) is 19.1 Å². The van der Waals surface area contributed by atoms with E-state index in [1.54, 1.807) is 48.5 Å². The van der Waals surface area contributed by atoms with Gasteiger partial charge < -0.3 is 20.2 Å². The summed E-state index contributed by atoms with van der Waals surface area (Å²) in [6, 6.07) is 16.2. The minimum atomic E-state index is -0.910. The Labute approximate surface area is 198 Å². The Morgan fingerprint density at radius 2 is 1.85 bits per heavy atom. The summed E-state index contributed by atoms with van der Waals surface area (Å²) in [5, 5.41) is 10.1. The predicted octanol–water partition coefficient (Wildman–Crippen LogP) is 3.86. The Morgan fingerprint density at radius 1 is 1.15 bits per heavy atom. The summed E-state index contributed by atoms with van der Waals surface area (Å²) in [4.78, 5) is 30.5. The van der Waals surface area contributed by atoms with Crippen LogP contribution in [0.4, 0.5) is 5.69 Å². The van der Waals surface area contributed by atoms with Crippen LogP contribution in [0.2, 0.25) is 0 Å². The summed E-state index contributed by atoms with van der Waals surface area (Å²) in [7, 11) is 2.42. The number of nitrogens with zero attached hydrogens (tertiary/aromatic N) is 2. The van der Waals surface area contributed by atoms with Gasteiger partial charge in [-0.15, -0.1) is 11.3 Å². The second kappa shape index (κ2) is 8.90. The van der Waals surface area contributed by atoms with Crippen LogP contribution < -0.4 is 10.6 Å². The third-order valence-electron chi connectivity index (χ3n) is 5.27. The van der Waals surface area contributed by atoms with E-state index in [0.717, 1.165) is 10.2 Å². The third-order valence-corrected chi connectivity index (χ3v) is 6.47. The summed E-state index contributed by atoms with van der Waals surface area (Å²) in [5.74, 6) is -2.46. The number of benzene rings is 2. The number of ether oxygens (including phenoxy) is 2. The number of allylic oxidation sites excluding steroid dienone is 1. The number of carbonyl (C=O) groups is 2. The number of anilines is 1. The Hall–Kier alpha value is -3.94. The molecule has 4 rings (SSSR count). The molecule has 1 unspecified atom stereocenters. The van der Waals surface area contributed by atoms with Crippen LogP contribution in [0.1, 0.15) is 11.5 Å². The lowest BCUT2D eigenvalue weighted by atomic mass is 9.81. The highest BCUT2D eigenvalue weighted by Crippen LogP contribution is 2.43. The van der Waals surface area contributed by atoms with E-state index in [2.05, 4.69) is 11.1 Å². The lowest BCUT2D eigenvalue weighted by molar-refractivity contribution is -0.139. The number of nitrogens with two attached hydrogens (primary N) is 1. The van der Waals surface area contributed by atoms with E-state index >= 15 is 0 Å². The van der Waals surface area contributed by atoms with Crippen LogP contribution in [0.15, 0.2) is 71.2 Å². The van der Waals surface area contributed by atoms with Gasteiger partial charge in [0.05, 0.1) is 47.6 Å². The highest BCUT2D eigenvalue weighted by molar-refractivity contribution is 7.73. The summed E-state index contributed by atoms with van der Waals surface area (Å²) >= 11 is 6.57. The Bertz CT molecular complexity index is 1430. The molecule has 10 heteroatoms. The molecular weight excluding hydrogens is 460 g/mol. The number of esters is 2. The van der Waals surface area contributed by atoms with E-state index in [9.17, 15) is 14.9 Å². The van der Waals surface area contributed by atoms with Crippen molar-refractivity contribution in [3.63, 3.8) is 0 Å². The van der Waals surface area contributed by atoms with Crippen molar-refractivity contribution in [1.29, 1.82) is 5.26 Å². The first kappa shape index (κ1) is 22.3. The van der Waals surface area contributed by atoms with E-state index in [4.69, 9.17) is 27.4 Å². The molecule has 0 saturated heterocycles. The number of carbonyl (C=O) groups excluding carboxylic acids is 2. The molecule has 0 spiro atoms. The molecule has 2 heterocycles. The lowest BCUT2D eigenvalue weighted by Crippen LogP contribution is -2.40. The molecule has 166 valence electrons. The number of aromatic nitrogens is 1. The van der Waals surface area contributed by atoms with Crippen molar-refractivity contribution in [2.75, 3.05) is 19.1 Å². The molecule has 0 saturated carbocycles. The number of fused-ring (bicyclic) bond motifs is 1. The van der Waals surface area contributed by atoms with E-state index in [0.29, 0.717) is 15.2 Å². The SMILES string of the molecule is COC(=O)C1=C(C(=O)OC)N(c2ccc3[nH]c(=S)sc3c2)C(N)=C(C#N)C1c1ccccc1. The molecule has 0 bridgehead atoms. The first-order chi connectivity index (χ1) is 15.9. The third kappa shape index (κ3) is 3.77. The Morgan fingerprint density at radius 3 is 2.48 bits per heavy atom. The van der Waals surface area contributed by atoms with E-state index in [1.165, 1.54) is 30.5 Å². The largest absolute Gasteiger partial charge is 0.466 e. The Kier molecular flexibility index (Phi) is 6.00. The predicted molar refractivity (Wildman–Crippen MR) is 127 cm³/mol. The van der Waals surface area contributed by atoms with Gasteiger partial charge in [-0.25, -0.2) is 9.59 Å². The molecule has 1 aliphatic heterocycles. The maximum atomic E-state index is 13.1. The average molecular weight is 479 g/mol. The number of hydrogen-bond donors (Lipinski definition) is 2. The van der Waals surface area contributed by atoms with Gasteiger partial charge >= 0.3 is 11.9 Å². The van der Waals surface area contributed by atoms with Gasteiger partial charge in [0.2, 0.25) is 0 Å². The van der Waals surface area contributed by atoms with E-state index < -0.39 is 17.9 Å². The smallest absolute Gasteiger partial charge is 0.355 e. The fourth-order valence-electron chi connectivity index (χ4n) is 3.85. The fourth-order valence-corrected chi connectivity index (χ4v) is 5.00. The van der Waals surface area contributed by atoms with E-state index in [1.807, 2.05) is 0 Å². The van der Waals surface area contributed by atoms with Gasteiger partial charge in [0, 0.05) is 5.69 Å². The van der Waals surface area contributed by atoms with Crippen molar-refractivity contribution in [2.24, 2.45) is 5.73 Å². The molecule has 2 aromatic carbocycles.